The molecule has 0 aliphatic heterocycles. The Morgan fingerprint density at radius 1 is 1.75 bits per heavy atom. The largest absolute Gasteiger partial charge is 0.465 e. The second-order valence-corrected chi connectivity index (χ2v) is 2.16. The van der Waals surface area contributed by atoms with Crippen molar-refractivity contribution in [1.82, 2.24) is 4.98 Å². The molecule has 3 nitrogen and oxygen atoms in total. The number of rotatable bonds is 2. The average Bonchev–Trinajstić information content (AvgIpc) is 2.16. The number of esters is 1. The number of hydrogen-bond donors (Lipinski definition) is 0. The van der Waals surface area contributed by atoms with Crippen molar-refractivity contribution in [2.45, 2.75) is 0 Å². The Morgan fingerprint density at radius 3 is 3.08 bits per heavy atom. The Labute approximate surface area is 70.7 Å². The molecular weight excluding hydrogens is 154 g/mol. The molecule has 1 aromatic rings. The summed E-state index contributed by atoms with van der Waals surface area (Å²) >= 11 is 0. The van der Waals surface area contributed by atoms with Gasteiger partial charge in [0.25, 0.3) is 0 Å². The van der Waals surface area contributed by atoms with Gasteiger partial charge >= 0.3 is 5.97 Å². The van der Waals surface area contributed by atoms with E-state index in [4.69, 9.17) is 0 Å². The van der Waals surface area contributed by atoms with Crippen LogP contribution in [0.25, 0.3) is 6.08 Å². The van der Waals surface area contributed by atoms with Crippen LogP contribution in [0.2, 0.25) is 0 Å². The fourth-order valence-electron chi connectivity index (χ4n) is 0.864. The fraction of sp³-hybridized carbons (Fsp3) is 0.111. The van der Waals surface area contributed by atoms with Crippen LogP contribution in [0.5, 0.6) is 0 Å². The van der Waals surface area contributed by atoms with Gasteiger partial charge in [-0.3, -0.25) is 4.98 Å². The predicted octanol–water partition coefficient (Wildman–Crippen LogP) is 1.51. The van der Waals surface area contributed by atoms with Gasteiger partial charge in [-0.15, -0.1) is 0 Å². The van der Waals surface area contributed by atoms with E-state index < -0.39 is 5.97 Å². The molecule has 1 rings (SSSR count). The third-order valence-corrected chi connectivity index (χ3v) is 1.48. The normalized spacial score (nSPS) is 9.08. The number of methoxy groups -OCH3 is 1. The zero-order valence-electron chi connectivity index (χ0n) is 6.78. The molecule has 0 spiro atoms. The number of carbonyl (C=O) groups is 1. The summed E-state index contributed by atoms with van der Waals surface area (Å²) in [5.74, 6) is -0.391. The van der Waals surface area contributed by atoms with Crippen LogP contribution in [0.1, 0.15) is 15.9 Å². The van der Waals surface area contributed by atoms with Gasteiger partial charge in [0.05, 0.1) is 12.7 Å². The lowest BCUT2D eigenvalue weighted by Crippen LogP contribution is -2.03. The quantitative estimate of drug-likeness (QED) is 0.620. The summed E-state index contributed by atoms with van der Waals surface area (Å²) in [6, 6.07) is 1.71. The molecule has 3 heteroatoms. The molecule has 0 aliphatic carbocycles. The maximum absolute atomic E-state index is 11.1. The van der Waals surface area contributed by atoms with Crippen LogP contribution < -0.4 is 0 Å². The highest BCUT2D eigenvalue weighted by molar-refractivity contribution is 5.92. The zero-order chi connectivity index (χ0) is 8.97. The van der Waals surface area contributed by atoms with Gasteiger partial charge in [0.2, 0.25) is 0 Å². The van der Waals surface area contributed by atoms with E-state index in [1.165, 1.54) is 13.3 Å². The first-order valence-corrected chi connectivity index (χ1v) is 3.44. The molecule has 1 heterocycles. The Kier molecular flexibility index (Phi) is 2.58. The van der Waals surface area contributed by atoms with E-state index in [-0.39, 0.29) is 0 Å². The standard InChI is InChI=1S/C9H9NO2/c1-3-7-4-5-10-6-8(7)9(11)12-2/h3-6H,1H2,2H3. The smallest absolute Gasteiger partial charge is 0.340 e. The Balaban J connectivity index is 3.13. The molecule has 0 aliphatic rings. The number of ether oxygens (including phenoxy) is 1. The fourth-order valence-corrected chi connectivity index (χ4v) is 0.864. The minimum Gasteiger partial charge on any atom is -0.465 e. The molecule has 0 bridgehead atoms. The molecule has 0 saturated heterocycles. The summed E-state index contributed by atoms with van der Waals surface area (Å²) in [7, 11) is 1.34. The summed E-state index contributed by atoms with van der Waals surface area (Å²) in [5, 5.41) is 0. The Bertz CT molecular complexity index is 307. The van der Waals surface area contributed by atoms with Crippen molar-refractivity contribution in [3.05, 3.63) is 36.2 Å². The van der Waals surface area contributed by atoms with Crippen molar-refractivity contribution >= 4 is 12.0 Å². The van der Waals surface area contributed by atoms with Crippen molar-refractivity contribution in [3.63, 3.8) is 0 Å². The van der Waals surface area contributed by atoms with Crippen molar-refractivity contribution in [2.24, 2.45) is 0 Å². The first-order chi connectivity index (χ1) is 5.79. The molecule has 0 unspecified atom stereocenters. The second kappa shape index (κ2) is 3.67. The predicted molar refractivity (Wildman–Crippen MR) is 45.7 cm³/mol. The maximum atomic E-state index is 11.1. The van der Waals surface area contributed by atoms with Gasteiger partial charge in [0.15, 0.2) is 0 Å². The molecule has 1 aromatic heterocycles. The first-order valence-electron chi connectivity index (χ1n) is 3.44. The summed E-state index contributed by atoms with van der Waals surface area (Å²) in [5.41, 5.74) is 1.17. The van der Waals surface area contributed by atoms with Crippen molar-refractivity contribution in [3.8, 4) is 0 Å². The van der Waals surface area contributed by atoms with Gasteiger partial charge < -0.3 is 4.74 Å². The third-order valence-electron chi connectivity index (χ3n) is 1.48. The highest BCUT2D eigenvalue weighted by atomic mass is 16.5. The maximum Gasteiger partial charge on any atom is 0.340 e. The van der Waals surface area contributed by atoms with Crippen LogP contribution in [-0.4, -0.2) is 18.1 Å². The molecule has 0 amide bonds. The number of hydrogen-bond acceptors (Lipinski definition) is 3. The van der Waals surface area contributed by atoms with Crippen molar-refractivity contribution in [1.29, 1.82) is 0 Å². The number of pyridine rings is 1. The summed E-state index contributed by atoms with van der Waals surface area (Å²) < 4.78 is 4.55. The highest BCUT2D eigenvalue weighted by Crippen LogP contribution is 2.08. The first kappa shape index (κ1) is 8.46. The molecule has 0 N–H and O–H groups in total. The van der Waals surface area contributed by atoms with Crippen LogP contribution >= 0.6 is 0 Å². The molecule has 0 atom stereocenters. The van der Waals surface area contributed by atoms with E-state index in [0.717, 1.165) is 5.56 Å². The van der Waals surface area contributed by atoms with E-state index in [2.05, 4.69) is 16.3 Å². The average molecular weight is 163 g/mol. The number of aromatic nitrogens is 1. The van der Waals surface area contributed by atoms with E-state index in [9.17, 15) is 4.79 Å². The van der Waals surface area contributed by atoms with Gasteiger partial charge in [-0.2, -0.15) is 0 Å². The van der Waals surface area contributed by atoms with Crippen LogP contribution in [-0.2, 0) is 4.74 Å². The lowest BCUT2D eigenvalue weighted by Gasteiger charge is -2.01. The Hall–Kier alpha value is -1.64. The SMILES string of the molecule is C=Cc1ccncc1C(=O)OC. The van der Waals surface area contributed by atoms with Crippen LogP contribution in [0, 0.1) is 0 Å². The van der Waals surface area contributed by atoms with E-state index in [1.54, 1.807) is 18.3 Å². The number of carbonyl (C=O) groups excluding carboxylic acids is 1. The molecule has 12 heavy (non-hydrogen) atoms. The molecule has 62 valence electrons. The monoisotopic (exact) mass is 163 g/mol. The summed E-state index contributed by atoms with van der Waals surface area (Å²) in [6.45, 7) is 3.57. The Morgan fingerprint density at radius 2 is 2.50 bits per heavy atom. The lowest BCUT2D eigenvalue weighted by atomic mass is 10.1. The van der Waals surface area contributed by atoms with Crippen molar-refractivity contribution in [2.75, 3.05) is 7.11 Å². The minimum absolute atomic E-state index is 0.391. The number of nitrogens with zero attached hydrogens (tertiary/aromatic N) is 1. The van der Waals surface area contributed by atoms with E-state index in [0.29, 0.717) is 5.56 Å². The van der Waals surface area contributed by atoms with Crippen molar-refractivity contribution < 1.29 is 9.53 Å². The molecule has 0 fully saturated rings. The molecule has 0 aromatic carbocycles. The van der Waals surface area contributed by atoms with Gasteiger partial charge in [0.1, 0.15) is 0 Å². The zero-order valence-corrected chi connectivity index (χ0v) is 6.78. The van der Waals surface area contributed by atoms with Gasteiger partial charge in [-0.05, 0) is 11.6 Å². The topological polar surface area (TPSA) is 39.2 Å². The third kappa shape index (κ3) is 1.50. The van der Waals surface area contributed by atoms with Gasteiger partial charge in [-0.25, -0.2) is 4.79 Å². The summed E-state index contributed by atoms with van der Waals surface area (Å²) in [6.07, 6.45) is 4.65. The summed E-state index contributed by atoms with van der Waals surface area (Å²) in [4.78, 5) is 14.9. The van der Waals surface area contributed by atoms with E-state index >= 15 is 0 Å². The molecule has 0 saturated carbocycles. The van der Waals surface area contributed by atoms with Gasteiger partial charge in [0, 0.05) is 12.4 Å². The minimum atomic E-state index is -0.391. The van der Waals surface area contributed by atoms with Gasteiger partial charge in [-0.1, -0.05) is 12.7 Å². The molecule has 0 radical (unpaired) electrons. The second-order valence-electron chi connectivity index (χ2n) is 2.16. The lowest BCUT2D eigenvalue weighted by molar-refractivity contribution is 0.0600. The van der Waals surface area contributed by atoms with E-state index in [1.807, 2.05) is 0 Å². The van der Waals surface area contributed by atoms with Crippen LogP contribution in [0.4, 0.5) is 0 Å². The molecular formula is C9H9NO2. The highest BCUT2D eigenvalue weighted by Gasteiger charge is 2.08. The van der Waals surface area contributed by atoms with Crippen LogP contribution in [0.15, 0.2) is 25.0 Å². The van der Waals surface area contributed by atoms with Crippen LogP contribution in [0.3, 0.4) is 0 Å².